The standard InChI is InChI=1S/C36H51N7O2S/c1-24-19-27(20-26-13-14-28(22-37-26)42(7)17-10-18-45-8)38-31-11-9-12-32(40-31)46-41-34(44)29-15-16-30(35(2,3)4)39-33(29)43-23-25(24)21-36(43,5)6/h9,11-16,22,24-25,27H,10,17-21,23H2,1-8H3,(H,38,40)(H,41,44). The molecule has 0 radical (unpaired) electrons. The topological polar surface area (TPSA) is 95.5 Å². The van der Waals surface area contributed by atoms with Gasteiger partial charge >= 0.3 is 0 Å². The summed E-state index contributed by atoms with van der Waals surface area (Å²) in [6, 6.07) is 14.3. The smallest absolute Gasteiger partial charge is 0.265 e. The third kappa shape index (κ3) is 8.12. The van der Waals surface area contributed by atoms with E-state index in [1.54, 1.807) is 7.11 Å². The number of methoxy groups -OCH3 is 1. The lowest BCUT2D eigenvalue weighted by atomic mass is 9.83. The Morgan fingerprint density at radius 1 is 1.13 bits per heavy atom. The summed E-state index contributed by atoms with van der Waals surface area (Å²) in [7, 11) is 3.83. The SMILES string of the molecule is COCCCN(C)c1ccc(CC2CC(C)C3CN(c4nc(C(C)(C)C)ccc4C(=O)NSc4cccc(n4)N2)C(C)(C)C3)nc1. The Morgan fingerprint density at radius 2 is 1.93 bits per heavy atom. The van der Waals surface area contributed by atoms with Gasteiger partial charge in [0, 0.05) is 80.6 Å². The van der Waals surface area contributed by atoms with Crippen LogP contribution in [0.25, 0.3) is 0 Å². The van der Waals surface area contributed by atoms with Crippen LogP contribution in [-0.4, -0.2) is 66.3 Å². The van der Waals surface area contributed by atoms with E-state index in [9.17, 15) is 4.79 Å². The van der Waals surface area contributed by atoms with Crippen molar-refractivity contribution in [2.75, 3.05) is 49.0 Å². The molecular formula is C36H51N7O2S. The molecule has 3 unspecified atom stereocenters. The second-order valence-electron chi connectivity index (χ2n) is 14.6. The van der Waals surface area contributed by atoms with Crippen molar-refractivity contribution in [2.24, 2.45) is 11.8 Å². The molecule has 3 atom stereocenters. The summed E-state index contributed by atoms with van der Waals surface area (Å²) < 4.78 is 8.26. The monoisotopic (exact) mass is 645 g/mol. The number of nitrogens with one attached hydrogen (secondary N) is 2. The number of carbonyl (C=O) groups is 1. The molecule has 1 amide bonds. The first kappa shape index (κ1) is 34.0. The minimum atomic E-state index is -0.160. The molecule has 1 fully saturated rings. The molecule has 3 aromatic heterocycles. The van der Waals surface area contributed by atoms with E-state index in [0.717, 1.165) is 79.1 Å². The van der Waals surface area contributed by atoms with Crippen LogP contribution in [0.1, 0.15) is 82.6 Å². The Bertz CT molecular complexity index is 1490. The van der Waals surface area contributed by atoms with Gasteiger partial charge in [-0.1, -0.05) is 33.8 Å². The second-order valence-corrected chi connectivity index (χ2v) is 15.5. The van der Waals surface area contributed by atoms with Gasteiger partial charge in [0.1, 0.15) is 16.7 Å². The molecule has 0 aromatic carbocycles. The van der Waals surface area contributed by atoms with Crippen LogP contribution < -0.4 is 19.8 Å². The van der Waals surface area contributed by atoms with Gasteiger partial charge in [0.15, 0.2) is 0 Å². The van der Waals surface area contributed by atoms with E-state index in [0.29, 0.717) is 17.4 Å². The predicted molar refractivity (Wildman–Crippen MR) is 189 cm³/mol. The molecule has 10 heteroatoms. The van der Waals surface area contributed by atoms with Crippen molar-refractivity contribution < 1.29 is 9.53 Å². The maximum atomic E-state index is 13.7. The van der Waals surface area contributed by atoms with E-state index >= 15 is 0 Å². The molecule has 1 saturated heterocycles. The zero-order chi connectivity index (χ0) is 33.1. The Kier molecular flexibility index (Phi) is 10.5. The lowest BCUT2D eigenvalue weighted by Crippen LogP contribution is -2.40. The maximum Gasteiger partial charge on any atom is 0.265 e. The van der Waals surface area contributed by atoms with Crippen LogP contribution in [0.3, 0.4) is 0 Å². The van der Waals surface area contributed by atoms with Gasteiger partial charge in [-0.2, -0.15) is 0 Å². The van der Waals surface area contributed by atoms with Crippen LogP contribution in [-0.2, 0) is 16.6 Å². The van der Waals surface area contributed by atoms with Crippen molar-refractivity contribution in [3.63, 3.8) is 0 Å². The normalized spacial score (nSPS) is 21.4. The molecule has 0 saturated carbocycles. The van der Waals surface area contributed by atoms with Gasteiger partial charge in [0.2, 0.25) is 0 Å². The van der Waals surface area contributed by atoms with Crippen LogP contribution in [0, 0.1) is 11.8 Å². The minimum absolute atomic E-state index is 0.135. The van der Waals surface area contributed by atoms with E-state index < -0.39 is 0 Å². The fourth-order valence-electron chi connectivity index (χ4n) is 6.64. The molecule has 248 valence electrons. The summed E-state index contributed by atoms with van der Waals surface area (Å²) in [5, 5.41) is 4.47. The minimum Gasteiger partial charge on any atom is -0.385 e. The Morgan fingerprint density at radius 3 is 2.65 bits per heavy atom. The number of hydrogen-bond donors (Lipinski definition) is 2. The molecule has 0 spiro atoms. The molecule has 0 aliphatic carbocycles. The van der Waals surface area contributed by atoms with Gasteiger partial charge in [-0.3, -0.25) is 14.5 Å². The number of fused-ring (bicyclic) bond motifs is 6. The number of ether oxygens (including phenoxy) is 1. The lowest BCUT2D eigenvalue weighted by molar-refractivity contribution is 0.0984. The largest absolute Gasteiger partial charge is 0.385 e. The number of anilines is 3. The molecular weight excluding hydrogens is 595 g/mol. The molecule has 5 heterocycles. The number of hydrogen-bond acceptors (Lipinski definition) is 9. The fraction of sp³-hybridized carbons (Fsp3) is 0.556. The Labute approximate surface area is 279 Å². The summed E-state index contributed by atoms with van der Waals surface area (Å²) in [4.78, 5) is 33.2. The highest BCUT2D eigenvalue weighted by Gasteiger charge is 2.43. The van der Waals surface area contributed by atoms with Crippen LogP contribution in [0.4, 0.5) is 17.3 Å². The van der Waals surface area contributed by atoms with Crippen molar-refractivity contribution in [2.45, 2.75) is 89.2 Å². The van der Waals surface area contributed by atoms with E-state index in [4.69, 9.17) is 19.7 Å². The molecule has 4 bridgehead atoms. The summed E-state index contributed by atoms with van der Waals surface area (Å²) in [5.74, 6) is 2.26. The average Bonchev–Trinajstić information content (AvgIpc) is 3.34. The number of nitrogens with zero attached hydrogens (tertiary/aromatic N) is 5. The number of carbonyl (C=O) groups excluding carboxylic acids is 1. The maximum absolute atomic E-state index is 13.7. The van der Waals surface area contributed by atoms with Gasteiger partial charge in [0.05, 0.1) is 17.4 Å². The van der Waals surface area contributed by atoms with E-state index in [-0.39, 0.29) is 22.9 Å². The average molecular weight is 646 g/mol. The van der Waals surface area contributed by atoms with Crippen LogP contribution in [0.15, 0.2) is 53.7 Å². The lowest BCUT2D eigenvalue weighted by Gasteiger charge is -2.34. The first-order chi connectivity index (χ1) is 21.8. The molecule has 5 rings (SSSR count). The summed E-state index contributed by atoms with van der Waals surface area (Å²) >= 11 is 1.24. The van der Waals surface area contributed by atoms with Gasteiger partial charge < -0.3 is 19.9 Å². The number of pyridine rings is 3. The van der Waals surface area contributed by atoms with E-state index in [1.807, 2.05) is 36.5 Å². The third-order valence-corrected chi connectivity index (χ3v) is 10.1. The first-order valence-corrected chi connectivity index (χ1v) is 17.3. The second kappa shape index (κ2) is 14.2. The van der Waals surface area contributed by atoms with Gasteiger partial charge in [-0.25, -0.2) is 9.97 Å². The summed E-state index contributed by atoms with van der Waals surface area (Å²) in [5.41, 5.74) is 3.45. The molecule has 2 aliphatic heterocycles. The van der Waals surface area contributed by atoms with Crippen molar-refractivity contribution in [1.82, 2.24) is 19.7 Å². The Balaban J connectivity index is 1.44. The molecule has 9 nitrogen and oxygen atoms in total. The molecule has 2 aliphatic rings. The van der Waals surface area contributed by atoms with E-state index in [1.165, 1.54) is 11.9 Å². The highest BCUT2D eigenvalue weighted by Crippen LogP contribution is 2.42. The van der Waals surface area contributed by atoms with Crippen molar-refractivity contribution in [3.8, 4) is 0 Å². The van der Waals surface area contributed by atoms with Crippen molar-refractivity contribution in [1.29, 1.82) is 0 Å². The van der Waals surface area contributed by atoms with Crippen molar-refractivity contribution in [3.05, 3.63) is 65.6 Å². The quantitative estimate of drug-likeness (QED) is 0.214. The van der Waals surface area contributed by atoms with Gasteiger partial charge in [-0.05, 0) is 81.3 Å². The van der Waals surface area contributed by atoms with Crippen molar-refractivity contribution >= 4 is 35.2 Å². The van der Waals surface area contributed by atoms with Crippen LogP contribution >= 0.6 is 11.9 Å². The fourth-order valence-corrected chi connectivity index (χ4v) is 7.24. The number of rotatable bonds is 7. The summed E-state index contributed by atoms with van der Waals surface area (Å²) in [6.07, 6.45) is 5.72. The van der Waals surface area contributed by atoms with Crippen LogP contribution in [0.2, 0.25) is 0 Å². The zero-order valence-electron chi connectivity index (χ0n) is 28.8. The van der Waals surface area contributed by atoms with E-state index in [2.05, 4.69) is 80.6 Å². The first-order valence-electron chi connectivity index (χ1n) is 16.5. The number of aromatic nitrogens is 3. The van der Waals surface area contributed by atoms with Gasteiger partial charge in [-0.15, -0.1) is 0 Å². The summed E-state index contributed by atoms with van der Waals surface area (Å²) in [6.45, 7) is 16.0. The number of amides is 1. The predicted octanol–water partition coefficient (Wildman–Crippen LogP) is 6.75. The highest BCUT2D eigenvalue weighted by molar-refractivity contribution is 7.97. The zero-order valence-corrected chi connectivity index (χ0v) is 29.6. The molecule has 2 N–H and O–H groups in total. The highest BCUT2D eigenvalue weighted by atomic mass is 32.2. The van der Waals surface area contributed by atoms with Gasteiger partial charge in [0.25, 0.3) is 5.91 Å². The van der Waals surface area contributed by atoms with Crippen LogP contribution in [0.5, 0.6) is 0 Å². The molecule has 3 aromatic rings. The Hall–Kier alpha value is -3.37. The molecule has 46 heavy (non-hydrogen) atoms. The third-order valence-electron chi connectivity index (χ3n) is 9.39.